The van der Waals surface area contributed by atoms with Gasteiger partial charge in [-0.25, -0.2) is 0 Å². The summed E-state index contributed by atoms with van der Waals surface area (Å²) in [7, 11) is 0. The molecule has 0 saturated carbocycles. The van der Waals surface area contributed by atoms with Crippen molar-refractivity contribution in [3.05, 3.63) is 53.6 Å². The highest BCUT2D eigenvalue weighted by molar-refractivity contribution is 6.33. The molecule has 0 unspecified atom stereocenters. The van der Waals surface area contributed by atoms with Crippen LogP contribution in [0.3, 0.4) is 0 Å². The minimum atomic E-state index is -0.200. The highest BCUT2D eigenvalue weighted by atomic mass is 35.5. The molecule has 0 heterocycles. The number of anilines is 1. The number of hydrogen-bond acceptors (Lipinski definition) is 3. The SMILES string of the molecule is O=C(CCOc1ccccc1)Nc1ccc(O)cc1Cl. The Kier molecular flexibility index (Phi) is 4.85. The van der Waals surface area contributed by atoms with Gasteiger partial charge in [0.2, 0.25) is 5.91 Å². The summed E-state index contributed by atoms with van der Waals surface area (Å²) >= 11 is 5.90. The highest BCUT2D eigenvalue weighted by Crippen LogP contribution is 2.25. The first-order valence-corrected chi connectivity index (χ1v) is 6.49. The summed E-state index contributed by atoms with van der Waals surface area (Å²) in [4.78, 5) is 11.7. The molecule has 1 amide bonds. The van der Waals surface area contributed by atoms with E-state index in [2.05, 4.69) is 5.32 Å². The van der Waals surface area contributed by atoms with Crippen LogP contribution in [0, 0.1) is 0 Å². The van der Waals surface area contributed by atoms with E-state index in [1.165, 1.54) is 12.1 Å². The van der Waals surface area contributed by atoms with Gasteiger partial charge in [-0.15, -0.1) is 0 Å². The van der Waals surface area contributed by atoms with Crippen LogP contribution in [0.1, 0.15) is 6.42 Å². The normalized spacial score (nSPS) is 10.1. The molecule has 0 fully saturated rings. The van der Waals surface area contributed by atoms with E-state index in [1.807, 2.05) is 30.3 Å². The van der Waals surface area contributed by atoms with Gasteiger partial charge in [-0.2, -0.15) is 0 Å². The van der Waals surface area contributed by atoms with Crippen molar-refractivity contribution in [1.29, 1.82) is 0 Å². The number of benzene rings is 2. The predicted octanol–water partition coefficient (Wildman–Crippen LogP) is 3.45. The molecule has 4 nitrogen and oxygen atoms in total. The molecular formula is C15H14ClNO3. The number of nitrogens with one attached hydrogen (secondary N) is 1. The van der Waals surface area contributed by atoms with Crippen molar-refractivity contribution in [3.8, 4) is 11.5 Å². The Morgan fingerprint density at radius 1 is 1.20 bits per heavy atom. The van der Waals surface area contributed by atoms with Crippen LogP contribution in [0.15, 0.2) is 48.5 Å². The van der Waals surface area contributed by atoms with Crippen LogP contribution < -0.4 is 10.1 Å². The first kappa shape index (κ1) is 14.2. The number of carbonyl (C=O) groups is 1. The molecule has 0 aromatic heterocycles. The van der Waals surface area contributed by atoms with Gasteiger partial charge in [0, 0.05) is 6.07 Å². The lowest BCUT2D eigenvalue weighted by atomic mass is 10.3. The number of rotatable bonds is 5. The van der Waals surface area contributed by atoms with Crippen molar-refractivity contribution in [1.82, 2.24) is 0 Å². The second kappa shape index (κ2) is 6.82. The van der Waals surface area contributed by atoms with Crippen molar-refractivity contribution in [2.45, 2.75) is 6.42 Å². The van der Waals surface area contributed by atoms with Gasteiger partial charge in [0.05, 0.1) is 23.7 Å². The largest absolute Gasteiger partial charge is 0.508 e. The van der Waals surface area contributed by atoms with Crippen LogP contribution in [0.2, 0.25) is 5.02 Å². The zero-order valence-corrected chi connectivity index (χ0v) is 11.4. The number of carbonyl (C=O) groups excluding carboxylic acids is 1. The van der Waals surface area contributed by atoms with Gasteiger partial charge in [-0.1, -0.05) is 29.8 Å². The number of ether oxygens (including phenoxy) is 1. The van der Waals surface area contributed by atoms with Gasteiger partial charge in [-0.05, 0) is 24.3 Å². The Hall–Kier alpha value is -2.20. The summed E-state index contributed by atoms with van der Waals surface area (Å²) in [5.41, 5.74) is 0.467. The van der Waals surface area contributed by atoms with Gasteiger partial charge >= 0.3 is 0 Å². The third-order valence-electron chi connectivity index (χ3n) is 2.57. The number of halogens is 1. The summed E-state index contributed by atoms with van der Waals surface area (Å²) in [6, 6.07) is 13.7. The fourth-order valence-corrected chi connectivity index (χ4v) is 1.82. The second-order valence-electron chi connectivity index (χ2n) is 4.12. The Labute approximate surface area is 122 Å². The molecule has 2 N–H and O–H groups in total. The molecule has 0 atom stereocenters. The summed E-state index contributed by atoms with van der Waals surface area (Å²) in [6.07, 6.45) is 0.214. The average Bonchev–Trinajstić information content (AvgIpc) is 2.43. The molecule has 0 spiro atoms. The second-order valence-corrected chi connectivity index (χ2v) is 4.53. The van der Waals surface area contributed by atoms with E-state index < -0.39 is 0 Å². The van der Waals surface area contributed by atoms with Crippen molar-refractivity contribution < 1.29 is 14.6 Å². The summed E-state index contributed by atoms with van der Waals surface area (Å²) in [5, 5.41) is 12.2. The summed E-state index contributed by atoms with van der Waals surface area (Å²) < 4.78 is 5.43. The molecule has 0 saturated heterocycles. The first-order chi connectivity index (χ1) is 9.65. The quantitative estimate of drug-likeness (QED) is 0.830. The van der Waals surface area contributed by atoms with Crippen LogP contribution in [-0.4, -0.2) is 17.6 Å². The zero-order chi connectivity index (χ0) is 14.4. The topological polar surface area (TPSA) is 58.6 Å². The maximum atomic E-state index is 11.7. The molecular weight excluding hydrogens is 278 g/mol. The number of phenols is 1. The smallest absolute Gasteiger partial charge is 0.227 e. The molecule has 0 radical (unpaired) electrons. The third-order valence-corrected chi connectivity index (χ3v) is 2.88. The minimum absolute atomic E-state index is 0.0559. The molecule has 2 rings (SSSR count). The maximum absolute atomic E-state index is 11.7. The fourth-order valence-electron chi connectivity index (χ4n) is 1.60. The lowest BCUT2D eigenvalue weighted by Crippen LogP contribution is -2.15. The van der Waals surface area contributed by atoms with Gasteiger partial charge in [-0.3, -0.25) is 4.79 Å². The van der Waals surface area contributed by atoms with Crippen LogP contribution in [-0.2, 0) is 4.79 Å². The zero-order valence-electron chi connectivity index (χ0n) is 10.7. The van der Waals surface area contributed by atoms with Crippen molar-refractivity contribution in [3.63, 3.8) is 0 Å². The number of phenolic OH excluding ortho intramolecular Hbond substituents is 1. The average molecular weight is 292 g/mol. The molecule has 104 valence electrons. The van der Waals surface area contributed by atoms with E-state index in [0.29, 0.717) is 10.7 Å². The third kappa shape index (κ3) is 4.17. The van der Waals surface area contributed by atoms with Crippen molar-refractivity contribution in [2.24, 2.45) is 0 Å². The van der Waals surface area contributed by atoms with E-state index in [-0.39, 0.29) is 24.7 Å². The Balaban J connectivity index is 1.81. The number of aromatic hydroxyl groups is 1. The lowest BCUT2D eigenvalue weighted by molar-refractivity contribution is -0.116. The van der Waals surface area contributed by atoms with Gasteiger partial charge < -0.3 is 15.2 Å². The van der Waals surface area contributed by atoms with E-state index in [9.17, 15) is 9.90 Å². The summed E-state index contributed by atoms with van der Waals surface area (Å²) in [5.74, 6) is 0.580. The molecule has 0 aliphatic heterocycles. The van der Waals surface area contributed by atoms with E-state index in [0.717, 1.165) is 5.75 Å². The number of hydrogen-bond donors (Lipinski definition) is 2. The van der Waals surface area contributed by atoms with E-state index in [4.69, 9.17) is 16.3 Å². The monoisotopic (exact) mass is 291 g/mol. The van der Waals surface area contributed by atoms with E-state index in [1.54, 1.807) is 6.07 Å². The molecule has 0 aliphatic carbocycles. The molecule has 5 heteroatoms. The number of para-hydroxylation sites is 1. The van der Waals surface area contributed by atoms with Gasteiger partial charge in [0.15, 0.2) is 0 Å². The van der Waals surface area contributed by atoms with Crippen LogP contribution >= 0.6 is 11.6 Å². The Bertz CT molecular complexity index is 587. The standard InChI is InChI=1S/C15H14ClNO3/c16-13-10-11(18)6-7-14(13)17-15(19)8-9-20-12-4-2-1-3-5-12/h1-7,10,18H,8-9H2,(H,17,19). The predicted molar refractivity (Wildman–Crippen MR) is 78.3 cm³/mol. The van der Waals surface area contributed by atoms with Gasteiger partial charge in [0.25, 0.3) is 0 Å². The van der Waals surface area contributed by atoms with Crippen LogP contribution in [0.25, 0.3) is 0 Å². The van der Waals surface area contributed by atoms with Crippen LogP contribution in [0.5, 0.6) is 11.5 Å². The Morgan fingerprint density at radius 2 is 1.95 bits per heavy atom. The maximum Gasteiger partial charge on any atom is 0.227 e. The molecule has 0 bridgehead atoms. The first-order valence-electron chi connectivity index (χ1n) is 6.11. The van der Waals surface area contributed by atoms with E-state index >= 15 is 0 Å². The highest BCUT2D eigenvalue weighted by Gasteiger charge is 2.06. The van der Waals surface area contributed by atoms with Gasteiger partial charge in [0.1, 0.15) is 11.5 Å². The summed E-state index contributed by atoms with van der Waals surface area (Å²) in [6.45, 7) is 0.283. The fraction of sp³-hybridized carbons (Fsp3) is 0.133. The number of amides is 1. The van der Waals surface area contributed by atoms with Crippen molar-refractivity contribution >= 4 is 23.2 Å². The molecule has 2 aromatic carbocycles. The molecule has 20 heavy (non-hydrogen) atoms. The molecule has 2 aromatic rings. The molecule has 0 aliphatic rings. The minimum Gasteiger partial charge on any atom is -0.508 e. The lowest BCUT2D eigenvalue weighted by Gasteiger charge is -2.08. The van der Waals surface area contributed by atoms with Crippen LogP contribution in [0.4, 0.5) is 5.69 Å². The Morgan fingerprint density at radius 3 is 2.65 bits per heavy atom. The van der Waals surface area contributed by atoms with Crippen molar-refractivity contribution in [2.75, 3.05) is 11.9 Å².